The van der Waals surface area contributed by atoms with Gasteiger partial charge in [0.05, 0.1) is 6.04 Å². The summed E-state index contributed by atoms with van der Waals surface area (Å²) in [6.45, 7) is 4.22. The van der Waals surface area contributed by atoms with Crippen LogP contribution in [0.5, 0.6) is 0 Å². The van der Waals surface area contributed by atoms with Crippen LogP contribution in [0, 0.1) is 5.92 Å². The molecular weight excluding hydrogens is 200 g/mol. The molecule has 78 valence electrons. The normalized spacial score (nSPS) is 36.6. The summed E-state index contributed by atoms with van der Waals surface area (Å²) in [6.07, 6.45) is 0. The van der Waals surface area contributed by atoms with E-state index >= 15 is 0 Å². The topological polar surface area (TPSA) is 65.2 Å². The van der Waals surface area contributed by atoms with Crippen LogP contribution < -0.4 is 21.5 Å². The second-order valence-electron chi connectivity index (χ2n) is 4.02. The minimum absolute atomic E-state index is 0.0521. The standard InChI is InChI=1S/C8H14N4OS/c1-3(2)4-5-6(12-11-4)7(13)10-8(14)9-5/h3-6,11-12H,1-2H3,(H2,9,10,13,14). The number of hydrogen-bond acceptors (Lipinski definition) is 4. The van der Waals surface area contributed by atoms with Gasteiger partial charge in [-0.2, -0.15) is 0 Å². The van der Waals surface area contributed by atoms with Gasteiger partial charge in [0.15, 0.2) is 5.11 Å². The zero-order valence-electron chi connectivity index (χ0n) is 8.13. The van der Waals surface area contributed by atoms with Gasteiger partial charge in [0, 0.05) is 6.04 Å². The maximum Gasteiger partial charge on any atom is 0.246 e. The molecule has 0 aliphatic carbocycles. The van der Waals surface area contributed by atoms with Crippen molar-refractivity contribution in [2.45, 2.75) is 32.0 Å². The van der Waals surface area contributed by atoms with Crippen molar-refractivity contribution in [3.05, 3.63) is 0 Å². The van der Waals surface area contributed by atoms with Gasteiger partial charge < -0.3 is 10.6 Å². The Morgan fingerprint density at radius 3 is 2.71 bits per heavy atom. The van der Waals surface area contributed by atoms with E-state index in [9.17, 15) is 4.79 Å². The first-order valence-corrected chi connectivity index (χ1v) is 5.13. The van der Waals surface area contributed by atoms with E-state index in [0.29, 0.717) is 11.0 Å². The maximum absolute atomic E-state index is 11.5. The Bertz CT molecular complexity index is 281. The lowest BCUT2D eigenvalue weighted by atomic mass is 9.93. The van der Waals surface area contributed by atoms with Crippen LogP contribution in [-0.2, 0) is 4.79 Å². The van der Waals surface area contributed by atoms with Crippen molar-refractivity contribution in [3.63, 3.8) is 0 Å². The number of amides is 1. The molecule has 6 heteroatoms. The number of thiocarbonyl (C=S) groups is 1. The van der Waals surface area contributed by atoms with Crippen molar-refractivity contribution in [1.29, 1.82) is 0 Å². The summed E-state index contributed by atoms with van der Waals surface area (Å²) >= 11 is 4.95. The first-order valence-electron chi connectivity index (χ1n) is 4.72. The predicted molar refractivity (Wildman–Crippen MR) is 56.3 cm³/mol. The predicted octanol–water partition coefficient (Wildman–Crippen LogP) is -1.14. The first-order chi connectivity index (χ1) is 6.59. The monoisotopic (exact) mass is 214 g/mol. The van der Waals surface area contributed by atoms with E-state index in [4.69, 9.17) is 12.2 Å². The van der Waals surface area contributed by atoms with Gasteiger partial charge in [-0.1, -0.05) is 13.8 Å². The summed E-state index contributed by atoms with van der Waals surface area (Å²) < 4.78 is 0. The van der Waals surface area contributed by atoms with Gasteiger partial charge in [-0.3, -0.25) is 10.2 Å². The number of hydrazine groups is 1. The summed E-state index contributed by atoms with van der Waals surface area (Å²) in [5, 5.41) is 6.13. The molecule has 2 saturated heterocycles. The van der Waals surface area contributed by atoms with Gasteiger partial charge in [-0.15, -0.1) is 0 Å². The molecule has 0 spiro atoms. The SMILES string of the molecule is CC(C)C1NNC2C(=O)NC(=S)NC21. The molecular formula is C8H14N4OS. The molecule has 2 aliphatic rings. The summed E-state index contributed by atoms with van der Waals surface area (Å²) in [6, 6.07) is 0.0503. The van der Waals surface area contributed by atoms with Gasteiger partial charge in [-0.05, 0) is 18.1 Å². The average molecular weight is 214 g/mol. The number of rotatable bonds is 1. The first kappa shape index (κ1) is 9.82. The summed E-state index contributed by atoms with van der Waals surface area (Å²) in [7, 11) is 0. The highest BCUT2D eigenvalue weighted by molar-refractivity contribution is 7.80. The van der Waals surface area contributed by atoms with Gasteiger partial charge in [0.2, 0.25) is 5.91 Å². The minimum Gasteiger partial charge on any atom is -0.356 e. The quantitative estimate of drug-likeness (QED) is 0.416. The van der Waals surface area contributed by atoms with Gasteiger partial charge in [0.25, 0.3) is 0 Å². The molecule has 2 heterocycles. The van der Waals surface area contributed by atoms with Crippen molar-refractivity contribution in [1.82, 2.24) is 21.5 Å². The van der Waals surface area contributed by atoms with Crippen molar-refractivity contribution >= 4 is 23.2 Å². The Morgan fingerprint density at radius 1 is 1.36 bits per heavy atom. The molecule has 3 unspecified atom stereocenters. The van der Waals surface area contributed by atoms with Crippen LogP contribution in [0.15, 0.2) is 0 Å². The highest BCUT2D eigenvalue weighted by Gasteiger charge is 2.44. The molecule has 2 fully saturated rings. The highest BCUT2D eigenvalue weighted by Crippen LogP contribution is 2.16. The second-order valence-corrected chi connectivity index (χ2v) is 4.43. The van der Waals surface area contributed by atoms with Crippen molar-refractivity contribution < 1.29 is 4.79 Å². The summed E-state index contributed by atoms with van der Waals surface area (Å²) in [5.74, 6) is 0.383. The summed E-state index contributed by atoms with van der Waals surface area (Å²) in [4.78, 5) is 11.5. The second kappa shape index (κ2) is 3.45. The Morgan fingerprint density at radius 2 is 2.07 bits per heavy atom. The zero-order valence-corrected chi connectivity index (χ0v) is 8.94. The average Bonchev–Trinajstić information content (AvgIpc) is 2.47. The summed E-state index contributed by atoms with van der Waals surface area (Å²) in [5.41, 5.74) is 6.09. The largest absolute Gasteiger partial charge is 0.356 e. The third-order valence-corrected chi connectivity index (χ3v) is 2.91. The zero-order chi connectivity index (χ0) is 10.3. The minimum atomic E-state index is -0.228. The van der Waals surface area contributed by atoms with E-state index in [1.54, 1.807) is 0 Å². The number of carbonyl (C=O) groups excluding carboxylic acids is 1. The molecule has 2 aliphatic heterocycles. The third kappa shape index (κ3) is 1.49. The van der Waals surface area contributed by atoms with E-state index in [2.05, 4.69) is 35.3 Å². The molecule has 2 rings (SSSR count). The van der Waals surface area contributed by atoms with Crippen LogP contribution in [0.3, 0.4) is 0 Å². The van der Waals surface area contributed by atoms with E-state index in [1.165, 1.54) is 0 Å². The van der Waals surface area contributed by atoms with Crippen LogP contribution in [-0.4, -0.2) is 29.1 Å². The molecule has 0 saturated carbocycles. The highest BCUT2D eigenvalue weighted by atomic mass is 32.1. The number of fused-ring (bicyclic) bond motifs is 1. The molecule has 3 atom stereocenters. The van der Waals surface area contributed by atoms with E-state index in [1.807, 2.05) is 0 Å². The van der Waals surface area contributed by atoms with Crippen LogP contribution in [0.1, 0.15) is 13.8 Å². The Kier molecular flexibility index (Phi) is 2.42. The lowest BCUT2D eigenvalue weighted by Crippen LogP contribution is -2.64. The van der Waals surface area contributed by atoms with Gasteiger partial charge in [-0.25, -0.2) is 5.43 Å². The van der Waals surface area contributed by atoms with E-state index in [0.717, 1.165) is 0 Å². The molecule has 0 radical (unpaired) electrons. The third-order valence-electron chi connectivity index (χ3n) is 2.69. The molecule has 0 aromatic heterocycles. The number of nitrogens with one attached hydrogen (secondary N) is 4. The molecule has 0 aromatic carbocycles. The van der Waals surface area contributed by atoms with Crippen molar-refractivity contribution in [2.75, 3.05) is 0 Å². The molecule has 5 nitrogen and oxygen atoms in total. The van der Waals surface area contributed by atoms with E-state index in [-0.39, 0.29) is 24.0 Å². The lowest BCUT2D eigenvalue weighted by molar-refractivity contribution is -0.122. The van der Waals surface area contributed by atoms with Crippen molar-refractivity contribution in [3.8, 4) is 0 Å². The molecule has 14 heavy (non-hydrogen) atoms. The maximum atomic E-state index is 11.5. The fourth-order valence-electron chi connectivity index (χ4n) is 1.93. The van der Waals surface area contributed by atoms with Gasteiger partial charge in [0.1, 0.15) is 6.04 Å². The number of carbonyl (C=O) groups is 1. The fourth-order valence-corrected chi connectivity index (χ4v) is 2.17. The molecule has 1 amide bonds. The van der Waals surface area contributed by atoms with Gasteiger partial charge >= 0.3 is 0 Å². The smallest absolute Gasteiger partial charge is 0.246 e. The van der Waals surface area contributed by atoms with Crippen LogP contribution >= 0.6 is 12.2 Å². The lowest BCUT2D eigenvalue weighted by Gasteiger charge is -2.30. The van der Waals surface area contributed by atoms with Crippen LogP contribution in [0.4, 0.5) is 0 Å². The molecule has 0 aromatic rings. The fraction of sp³-hybridized carbons (Fsp3) is 0.750. The number of hydrogen-bond donors (Lipinski definition) is 4. The molecule has 4 N–H and O–H groups in total. The van der Waals surface area contributed by atoms with Crippen molar-refractivity contribution in [2.24, 2.45) is 5.92 Å². The van der Waals surface area contributed by atoms with E-state index < -0.39 is 0 Å². The Hall–Kier alpha value is -0.720. The van der Waals surface area contributed by atoms with Crippen LogP contribution in [0.2, 0.25) is 0 Å². The Labute approximate surface area is 88.0 Å². The Balaban J connectivity index is 2.17. The van der Waals surface area contributed by atoms with Crippen LogP contribution in [0.25, 0.3) is 0 Å². The molecule has 0 bridgehead atoms.